The highest BCUT2D eigenvalue weighted by Crippen LogP contribution is 2.57. The molecule has 0 unspecified atom stereocenters. The first-order valence-electron chi connectivity index (χ1n) is 26.2. The number of para-hydroxylation sites is 2. The van der Waals surface area contributed by atoms with Gasteiger partial charge in [-0.2, -0.15) is 0 Å². The van der Waals surface area contributed by atoms with Gasteiger partial charge in [-0.15, -0.1) is 0 Å². The molecule has 1 aromatic heterocycles. The molecule has 0 N–H and O–H groups in total. The number of rotatable bonds is 11. The van der Waals surface area contributed by atoms with Gasteiger partial charge in [-0.1, -0.05) is 206 Å². The van der Waals surface area contributed by atoms with Crippen molar-refractivity contribution in [3.05, 3.63) is 332 Å². The maximum absolute atomic E-state index is 2.49. The fraction of sp³-hybridized carbons (Fsp3) is 0.0137. The van der Waals surface area contributed by atoms with E-state index in [-0.39, 0.29) is 0 Å². The molecule has 3 heteroatoms. The van der Waals surface area contributed by atoms with Crippen LogP contribution in [0.3, 0.4) is 0 Å². The Morgan fingerprint density at radius 1 is 0.250 bits per heavy atom. The van der Waals surface area contributed by atoms with E-state index in [1.807, 2.05) is 0 Å². The zero-order valence-electron chi connectivity index (χ0n) is 41.8. The summed E-state index contributed by atoms with van der Waals surface area (Å²) in [6.07, 6.45) is 0. The van der Waals surface area contributed by atoms with E-state index in [1.54, 1.807) is 0 Å². The Bertz CT molecular complexity index is 4000. The molecule has 0 spiro atoms. The maximum Gasteiger partial charge on any atom is 0.0713 e. The minimum Gasteiger partial charge on any atom is -0.311 e. The highest BCUT2D eigenvalue weighted by molar-refractivity contribution is 6.11. The van der Waals surface area contributed by atoms with E-state index in [1.165, 1.54) is 66.4 Å². The first-order valence-corrected chi connectivity index (χ1v) is 26.2. The summed E-state index contributed by atoms with van der Waals surface area (Å²) in [6.45, 7) is 0. The summed E-state index contributed by atoms with van der Waals surface area (Å²) in [7, 11) is 0. The van der Waals surface area contributed by atoms with Gasteiger partial charge in [0.2, 0.25) is 0 Å². The van der Waals surface area contributed by atoms with Crippen LogP contribution in [0.1, 0.15) is 22.3 Å². The van der Waals surface area contributed by atoms with Gasteiger partial charge in [0, 0.05) is 50.6 Å². The van der Waals surface area contributed by atoms with Crippen LogP contribution < -0.4 is 9.80 Å². The van der Waals surface area contributed by atoms with Gasteiger partial charge < -0.3 is 14.4 Å². The van der Waals surface area contributed by atoms with Crippen LogP contribution in [0.15, 0.2) is 309 Å². The number of nitrogens with zero attached hydrogens (tertiary/aromatic N) is 3. The summed E-state index contributed by atoms with van der Waals surface area (Å²) < 4.78 is 2.46. The van der Waals surface area contributed by atoms with Crippen molar-refractivity contribution in [3.63, 3.8) is 0 Å². The fourth-order valence-electron chi connectivity index (χ4n) is 12.0. The van der Waals surface area contributed by atoms with Crippen molar-refractivity contribution in [2.75, 3.05) is 9.80 Å². The molecule has 0 amide bonds. The lowest BCUT2D eigenvalue weighted by Crippen LogP contribution is -2.28. The zero-order valence-corrected chi connectivity index (χ0v) is 41.8. The predicted molar refractivity (Wildman–Crippen MR) is 318 cm³/mol. The third-order valence-corrected chi connectivity index (χ3v) is 15.5. The number of benzene rings is 12. The number of aromatic nitrogens is 1. The van der Waals surface area contributed by atoms with Gasteiger partial charge >= 0.3 is 0 Å². The molecule has 13 aromatic rings. The van der Waals surface area contributed by atoms with Crippen molar-refractivity contribution in [2.24, 2.45) is 0 Å². The van der Waals surface area contributed by atoms with Gasteiger partial charge in [0.05, 0.1) is 16.4 Å². The van der Waals surface area contributed by atoms with Crippen LogP contribution in [0.5, 0.6) is 0 Å². The molecule has 1 aliphatic carbocycles. The van der Waals surface area contributed by atoms with E-state index in [9.17, 15) is 0 Å². The van der Waals surface area contributed by atoms with Gasteiger partial charge in [-0.3, -0.25) is 0 Å². The largest absolute Gasteiger partial charge is 0.311 e. The van der Waals surface area contributed by atoms with E-state index >= 15 is 0 Å². The predicted octanol–water partition coefficient (Wildman–Crippen LogP) is 19.4. The van der Waals surface area contributed by atoms with Gasteiger partial charge in [0.15, 0.2) is 0 Å². The molecular formula is C73H51N3. The quantitative estimate of drug-likeness (QED) is 0.128. The lowest BCUT2D eigenvalue weighted by Gasteiger charge is -2.34. The minimum absolute atomic E-state index is 0.543. The summed E-state index contributed by atoms with van der Waals surface area (Å²) in [4.78, 5) is 4.73. The first kappa shape index (κ1) is 44.7. The van der Waals surface area contributed by atoms with Gasteiger partial charge in [0.1, 0.15) is 0 Å². The van der Waals surface area contributed by atoms with E-state index in [4.69, 9.17) is 0 Å². The molecule has 0 radical (unpaired) electrons. The first-order chi connectivity index (χ1) is 37.7. The van der Waals surface area contributed by atoms with E-state index in [0.717, 1.165) is 50.8 Å². The highest BCUT2D eigenvalue weighted by atomic mass is 15.1. The number of hydrogen-bond donors (Lipinski definition) is 0. The van der Waals surface area contributed by atoms with Gasteiger partial charge in [0.25, 0.3) is 0 Å². The molecule has 1 heterocycles. The molecule has 0 fully saturated rings. The Hall–Kier alpha value is -9.96. The van der Waals surface area contributed by atoms with Crippen LogP contribution in [0.4, 0.5) is 34.1 Å². The Morgan fingerprint density at radius 3 is 1.11 bits per heavy atom. The fourth-order valence-corrected chi connectivity index (χ4v) is 12.0. The van der Waals surface area contributed by atoms with Crippen molar-refractivity contribution >= 4 is 55.9 Å². The Balaban J connectivity index is 0.959. The summed E-state index contributed by atoms with van der Waals surface area (Å²) >= 11 is 0. The number of hydrogen-bond acceptors (Lipinski definition) is 2. The molecule has 3 nitrogen and oxygen atoms in total. The second kappa shape index (κ2) is 18.8. The van der Waals surface area contributed by atoms with Crippen molar-refractivity contribution in [1.82, 2.24) is 4.57 Å². The van der Waals surface area contributed by atoms with Crippen LogP contribution >= 0.6 is 0 Å². The van der Waals surface area contributed by atoms with E-state index in [0.29, 0.717) is 0 Å². The number of fused-ring (bicyclic) bond motifs is 6. The second-order valence-corrected chi connectivity index (χ2v) is 19.7. The van der Waals surface area contributed by atoms with E-state index < -0.39 is 5.41 Å². The smallest absolute Gasteiger partial charge is 0.0713 e. The molecule has 358 valence electrons. The molecule has 1 aliphatic rings. The topological polar surface area (TPSA) is 11.4 Å². The molecule has 12 aromatic carbocycles. The van der Waals surface area contributed by atoms with Crippen LogP contribution in [-0.4, -0.2) is 4.57 Å². The Labute approximate surface area is 444 Å². The monoisotopic (exact) mass is 969 g/mol. The number of anilines is 6. The molecule has 0 atom stereocenters. The summed E-state index contributed by atoms with van der Waals surface area (Å²) in [5, 5.41) is 2.37. The third kappa shape index (κ3) is 7.51. The van der Waals surface area contributed by atoms with Gasteiger partial charge in [-0.05, 0) is 159 Å². The molecule has 0 saturated heterocycles. The van der Waals surface area contributed by atoms with E-state index in [2.05, 4.69) is 324 Å². The average Bonchev–Trinajstić information content (AvgIpc) is 4.20. The van der Waals surface area contributed by atoms with Crippen LogP contribution in [0.2, 0.25) is 0 Å². The lowest BCUT2D eigenvalue weighted by molar-refractivity contribution is 0.770. The average molecular weight is 970 g/mol. The molecule has 0 bridgehead atoms. The lowest BCUT2D eigenvalue weighted by atomic mass is 9.67. The minimum atomic E-state index is -0.543. The third-order valence-electron chi connectivity index (χ3n) is 15.5. The van der Waals surface area contributed by atoms with Crippen molar-refractivity contribution in [3.8, 4) is 39.1 Å². The SMILES string of the molecule is c1ccc(-c2ccc(N(c3ccc(-c4ccccc4)cc3)c3ccc(-n4c5ccc(N(c6ccccc6)c6ccccc6)cc5c5cc(C6(c7ccccc7)c7ccccc7-c7ccccc76)ccc54)cc3)cc2)cc1. The van der Waals surface area contributed by atoms with Crippen molar-refractivity contribution in [1.29, 1.82) is 0 Å². The Kier molecular flexibility index (Phi) is 11.1. The normalized spacial score (nSPS) is 12.3. The molecule has 14 rings (SSSR count). The maximum atomic E-state index is 2.49. The standard InChI is InChI=1S/C73H51N3/c1-6-20-52(21-7-1)54-34-39-60(40-35-54)74(61-41-36-55(37-42-61)53-22-8-2-9-23-53)62-43-45-63(46-44-62)76-71-48-38-57(73(56-24-10-3-11-25-56)69-32-18-16-30-65(69)66-31-17-19-33-70(66)73)50-67(71)68-51-64(47-49-72(68)76)75(58-26-12-4-13-27-58)59-28-14-5-15-29-59/h1-51H. The summed E-state index contributed by atoms with van der Waals surface area (Å²) in [5.41, 5.74) is 21.8. The second-order valence-electron chi connectivity index (χ2n) is 19.7. The zero-order chi connectivity index (χ0) is 50.4. The van der Waals surface area contributed by atoms with Crippen LogP contribution in [-0.2, 0) is 5.41 Å². The Morgan fingerprint density at radius 2 is 0.605 bits per heavy atom. The van der Waals surface area contributed by atoms with Crippen LogP contribution in [0.25, 0.3) is 60.9 Å². The summed E-state index contributed by atoms with van der Waals surface area (Å²) in [6, 6.07) is 113. The summed E-state index contributed by atoms with van der Waals surface area (Å²) in [5.74, 6) is 0. The molecule has 76 heavy (non-hydrogen) atoms. The van der Waals surface area contributed by atoms with Crippen LogP contribution in [0, 0.1) is 0 Å². The highest BCUT2D eigenvalue weighted by Gasteiger charge is 2.46. The van der Waals surface area contributed by atoms with Crippen molar-refractivity contribution in [2.45, 2.75) is 5.41 Å². The van der Waals surface area contributed by atoms with Gasteiger partial charge in [-0.25, -0.2) is 0 Å². The molecular weight excluding hydrogens is 919 g/mol. The molecule has 0 aliphatic heterocycles. The molecule has 0 saturated carbocycles. The van der Waals surface area contributed by atoms with Crippen molar-refractivity contribution < 1.29 is 0 Å².